The van der Waals surface area contributed by atoms with Crippen molar-refractivity contribution in [3.8, 4) is 11.3 Å². The van der Waals surface area contributed by atoms with Crippen LogP contribution in [-0.4, -0.2) is 16.6 Å². The summed E-state index contributed by atoms with van der Waals surface area (Å²) in [6.07, 6.45) is 1.34. The number of aromatic nitrogens is 1. The lowest BCUT2D eigenvalue weighted by atomic mass is 10.1. The number of hydrogen-bond donors (Lipinski definition) is 2. The van der Waals surface area contributed by atoms with Gasteiger partial charge >= 0.3 is 0 Å². The molecule has 5 nitrogen and oxygen atoms in total. The van der Waals surface area contributed by atoms with Crippen LogP contribution in [0.2, 0.25) is 10.0 Å². The predicted octanol–water partition coefficient (Wildman–Crippen LogP) is 4.60. The van der Waals surface area contributed by atoms with Gasteiger partial charge in [0.25, 0.3) is 0 Å². The third-order valence-corrected chi connectivity index (χ3v) is 3.48. The molecule has 3 N–H and O–H groups in total. The van der Waals surface area contributed by atoms with E-state index in [4.69, 9.17) is 38.7 Å². The average Bonchev–Trinajstić information content (AvgIpc) is 3.08. The molecule has 0 atom stereocenters. The number of halogens is 2. The number of nitrogens with zero attached hydrogens (tertiary/aromatic N) is 2. The Kier molecular flexibility index (Phi) is 6.81. The van der Waals surface area contributed by atoms with E-state index in [1.807, 2.05) is 30.3 Å². The van der Waals surface area contributed by atoms with E-state index in [9.17, 15) is 0 Å². The Morgan fingerprint density at radius 2 is 1.62 bits per heavy atom. The van der Waals surface area contributed by atoms with Crippen LogP contribution in [-0.2, 0) is 6.54 Å². The summed E-state index contributed by atoms with van der Waals surface area (Å²) >= 11 is 11.4. The third-order valence-electron chi connectivity index (χ3n) is 2.98. The Balaban J connectivity index is 0.000000185. The molecule has 7 heteroatoms. The van der Waals surface area contributed by atoms with Crippen molar-refractivity contribution in [3.63, 3.8) is 0 Å². The van der Waals surface area contributed by atoms with Gasteiger partial charge in [0, 0.05) is 21.7 Å². The minimum atomic E-state index is 0.362. The van der Waals surface area contributed by atoms with Crippen molar-refractivity contribution in [2.24, 2.45) is 10.9 Å². The van der Waals surface area contributed by atoms with E-state index >= 15 is 0 Å². The number of benzene rings is 2. The Morgan fingerprint density at radius 3 is 2.12 bits per heavy atom. The smallest absolute Gasteiger partial charge is 0.150 e. The molecule has 0 radical (unpaired) electrons. The summed E-state index contributed by atoms with van der Waals surface area (Å²) in [7, 11) is 0. The summed E-state index contributed by atoms with van der Waals surface area (Å²) in [5, 5.41) is 16.3. The molecule has 3 rings (SSSR count). The van der Waals surface area contributed by atoms with Crippen LogP contribution < -0.4 is 5.73 Å². The topological polar surface area (TPSA) is 84.6 Å². The zero-order chi connectivity index (χ0) is 17.4. The van der Waals surface area contributed by atoms with Gasteiger partial charge < -0.3 is 15.5 Å². The summed E-state index contributed by atoms with van der Waals surface area (Å²) in [5.41, 5.74) is 7.99. The van der Waals surface area contributed by atoms with Crippen LogP contribution in [0.5, 0.6) is 0 Å². The summed E-state index contributed by atoms with van der Waals surface area (Å²) in [6.45, 7) is 0.362. The predicted molar refractivity (Wildman–Crippen MR) is 95.7 cm³/mol. The first-order chi connectivity index (χ1) is 11.6. The number of hydrogen-bond acceptors (Lipinski definition) is 5. The Morgan fingerprint density at radius 1 is 1.04 bits per heavy atom. The van der Waals surface area contributed by atoms with E-state index in [2.05, 4.69) is 10.3 Å². The minimum absolute atomic E-state index is 0.362. The summed E-state index contributed by atoms with van der Waals surface area (Å²) < 4.78 is 4.99. The fraction of sp³-hybridized carbons (Fsp3) is 0.0588. The maximum absolute atomic E-state index is 8.13. The highest BCUT2D eigenvalue weighted by Gasteiger charge is 2.04. The monoisotopic (exact) mass is 363 g/mol. The van der Waals surface area contributed by atoms with E-state index in [1.54, 1.807) is 24.3 Å². The summed E-state index contributed by atoms with van der Waals surface area (Å²) in [5.74, 6) is 0.676. The lowest BCUT2D eigenvalue weighted by Gasteiger charge is -1.93. The van der Waals surface area contributed by atoms with Gasteiger partial charge in [0.1, 0.15) is 5.69 Å². The molecular weight excluding hydrogens is 349 g/mol. The van der Waals surface area contributed by atoms with E-state index in [1.165, 1.54) is 6.21 Å². The Bertz CT molecular complexity index is 784. The van der Waals surface area contributed by atoms with Crippen molar-refractivity contribution < 1.29 is 9.73 Å². The molecule has 2 aromatic carbocycles. The second-order valence-electron chi connectivity index (χ2n) is 4.69. The van der Waals surface area contributed by atoms with Gasteiger partial charge in [-0.2, -0.15) is 0 Å². The Labute approximate surface area is 149 Å². The molecule has 24 heavy (non-hydrogen) atoms. The van der Waals surface area contributed by atoms with Gasteiger partial charge in [-0.25, -0.2) is 0 Å². The van der Waals surface area contributed by atoms with E-state index in [-0.39, 0.29) is 0 Å². The molecule has 1 aromatic heterocycles. The van der Waals surface area contributed by atoms with Crippen molar-refractivity contribution in [1.82, 2.24) is 5.16 Å². The average molecular weight is 364 g/mol. The van der Waals surface area contributed by atoms with Crippen LogP contribution in [0.4, 0.5) is 0 Å². The van der Waals surface area contributed by atoms with Crippen LogP contribution in [0.3, 0.4) is 0 Å². The molecule has 0 aliphatic carbocycles. The second-order valence-corrected chi connectivity index (χ2v) is 5.56. The number of oxime groups is 1. The first-order valence-corrected chi connectivity index (χ1v) is 7.72. The normalized spacial score (nSPS) is 10.5. The fourth-order valence-corrected chi connectivity index (χ4v) is 2.03. The third kappa shape index (κ3) is 5.38. The molecule has 0 fully saturated rings. The van der Waals surface area contributed by atoms with Gasteiger partial charge in [-0.1, -0.05) is 57.8 Å². The van der Waals surface area contributed by atoms with Gasteiger partial charge in [0.15, 0.2) is 5.76 Å². The second kappa shape index (κ2) is 9.08. The zero-order valence-corrected chi connectivity index (χ0v) is 14.1. The highest BCUT2D eigenvalue weighted by Crippen LogP contribution is 2.20. The van der Waals surface area contributed by atoms with Crippen molar-refractivity contribution in [3.05, 3.63) is 76.0 Å². The van der Waals surface area contributed by atoms with Crippen molar-refractivity contribution >= 4 is 29.4 Å². The first kappa shape index (κ1) is 18.0. The maximum atomic E-state index is 8.13. The lowest BCUT2D eigenvalue weighted by molar-refractivity contribution is 0.322. The molecule has 0 bridgehead atoms. The lowest BCUT2D eigenvalue weighted by Crippen LogP contribution is -1.92. The SMILES string of the molecule is NCc1cc(-c2ccc(Cl)cc2)no1.ON=Cc1ccc(Cl)cc1. The van der Waals surface area contributed by atoms with Gasteiger partial charge in [-0.3, -0.25) is 0 Å². The molecule has 3 aromatic rings. The molecule has 0 aliphatic heterocycles. The summed E-state index contributed by atoms with van der Waals surface area (Å²) in [4.78, 5) is 0. The fourth-order valence-electron chi connectivity index (χ4n) is 1.78. The molecule has 0 aliphatic rings. The quantitative estimate of drug-likeness (QED) is 0.404. The summed E-state index contributed by atoms with van der Waals surface area (Å²) in [6, 6.07) is 16.2. The van der Waals surface area contributed by atoms with E-state index in [0.29, 0.717) is 22.4 Å². The standard InChI is InChI=1S/C10H9ClN2O.C7H6ClNO/c11-8-3-1-7(2-4-8)10-5-9(6-12)14-13-10;8-7-3-1-6(2-4-7)5-9-10/h1-5H,6,12H2;1-5,10H. The van der Waals surface area contributed by atoms with Crippen LogP contribution in [0, 0.1) is 0 Å². The number of rotatable bonds is 3. The highest BCUT2D eigenvalue weighted by atomic mass is 35.5. The highest BCUT2D eigenvalue weighted by molar-refractivity contribution is 6.30. The number of nitrogens with two attached hydrogens (primary N) is 1. The van der Waals surface area contributed by atoms with Crippen LogP contribution in [0.25, 0.3) is 11.3 Å². The van der Waals surface area contributed by atoms with Gasteiger partial charge in [0.2, 0.25) is 0 Å². The molecular formula is C17H15Cl2N3O2. The van der Waals surface area contributed by atoms with Gasteiger partial charge in [0.05, 0.1) is 12.8 Å². The van der Waals surface area contributed by atoms with Crippen LogP contribution in [0.1, 0.15) is 11.3 Å². The van der Waals surface area contributed by atoms with E-state index < -0.39 is 0 Å². The van der Waals surface area contributed by atoms with E-state index in [0.717, 1.165) is 16.8 Å². The molecule has 0 saturated heterocycles. The molecule has 124 valence electrons. The molecule has 1 heterocycles. The Hall–Kier alpha value is -2.34. The first-order valence-electron chi connectivity index (χ1n) is 6.97. The molecule has 0 spiro atoms. The van der Waals surface area contributed by atoms with Crippen molar-refractivity contribution in [2.75, 3.05) is 0 Å². The zero-order valence-electron chi connectivity index (χ0n) is 12.6. The maximum Gasteiger partial charge on any atom is 0.150 e. The minimum Gasteiger partial charge on any atom is -0.411 e. The molecule has 0 saturated carbocycles. The van der Waals surface area contributed by atoms with Crippen molar-refractivity contribution in [1.29, 1.82) is 0 Å². The van der Waals surface area contributed by atoms with Gasteiger partial charge in [-0.05, 0) is 29.8 Å². The van der Waals surface area contributed by atoms with Crippen molar-refractivity contribution in [2.45, 2.75) is 6.54 Å². The molecule has 0 amide bonds. The largest absolute Gasteiger partial charge is 0.411 e. The van der Waals surface area contributed by atoms with Gasteiger partial charge in [-0.15, -0.1) is 0 Å². The molecule has 0 unspecified atom stereocenters. The van der Waals surface area contributed by atoms with Crippen LogP contribution >= 0.6 is 23.2 Å². The van der Waals surface area contributed by atoms with Crippen LogP contribution in [0.15, 0.2) is 64.3 Å².